The summed E-state index contributed by atoms with van der Waals surface area (Å²) in [4.78, 5) is 26.3. The lowest BCUT2D eigenvalue weighted by atomic mass is 9.92. The van der Waals surface area contributed by atoms with E-state index in [4.69, 9.17) is 4.74 Å². The molecule has 0 aliphatic carbocycles. The quantitative estimate of drug-likeness (QED) is 0.805. The number of rotatable bonds is 4. The van der Waals surface area contributed by atoms with Crippen LogP contribution in [-0.2, 0) is 29.5 Å². The lowest BCUT2D eigenvalue weighted by Crippen LogP contribution is -2.42. The monoisotopic (exact) mass is 322 g/mol. The molecule has 1 atom stereocenters. The Morgan fingerprint density at radius 3 is 2.65 bits per heavy atom. The topological polar surface area (TPSA) is 69.4 Å². The second-order valence-electron chi connectivity index (χ2n) is 6.60. The molecule has 0 unspecified atom stereocenters. The number of aromatic nitrogens is 3. The van der Waals surface area contributed by atoms with Gasteiger partial charge in [-0.15, -0.1) is 0 Å². The molecule has 23 heavy (non-hydrogen) atoms. The fraction of sp³-hybridized carbons (Fsp3) is 0.812. The molecule has 3 rings (SSSR count). The minimum Gasteiger partial charge on any atom is -0.381 e. The average molecular weight is 322 g/mol. The van der Waals surface area contributed by atoms with Gasteiger partial charge in [-0.05, 0) is 32.1 Å². The summed E-state index contributed by atoms with van der Waals surface area (Å²) in [5.41, 5.74) is -0.0450. The van der Waals surface area contributed by atoms with E-state index in [-0.39, 0.29) is 17.5 Å². The number of ether oxygens (including phenoxy) is 1. The van der Waals surface area contributed by atoms with Crippen LogP contribution in [0, 0.1) is 11.8 Å². The van der Waals surface area contributed by atoms with E-state index >= 15 is 0 Å². The molecule has 2 fully saturated rings. The molecular weight excluding hydrogens is 296 g/mol. The van der Waals surface area contributed by atoms with E-state index in [0.717, 1.165) is 44.6 Å². The van der Waals surface area contributed by atoms with Crippen LogP contribution in [0.4, 0.5) is 0 Å². The number of amides is 1. The molecule has 0 saturated carbocycles. The van der Waals surface area contributed by atoms with Crippen LogP contribution in [-0.4, -0.2) is 51.5 Å². The Morgan fingerprint density at radius 2 is 2.04 bits per heavy atom. The summed E-state index contributed by atoms with van der Waals surface area (Å²) >= 11 is 0. The third-order valence-corrected chi connectivity index (χ3v) is 5.08. The molecule has 0 N–H and O–H groups in total. The Hall–Kier alpha value is -1.63. The van der Waals surface area contributed by atoms with E-state index in [1.165, 1.54) is 4.68 Å². The molecule has 2 aliphatic heterocycles. The highest BCUT2D eigenvalue weighted by Crippen LogP contribution is 2.24. The van der Waals surface area contributed by atoms with Gasteiger partial charge < -0.3 is 9.64 Å². The van der Waals surface area contributed by atoms with Crippen molar-refractivity contribution in [1.29, 1.82) is 0 Å². The van der Waals surface area contributed by atoms with E-state index in [9.17, 15) is 9.59 Å². The van der Waals surface area contributed by atoms with E-state index in [2.05, 4.69) is 5.10 Å². The molecular formula is C16H26N4O3. The highest BCUT2D eigenvalue weighted by molar-refractivity contribution is 5.79. The zero-order valence-corrected chi connectivity index (χ0v) is 14.0. The summed E-state index contributed by atoms with van der Waals surface area (Å²) in [5, 5.41) is 4.36. The van der Waals surface area contributed by atoms with Crippen molar-refractivity contribution in [1.82, 2.24) is 19.2 Å². The van der Waals surface area contributed by atoms with Gasteiger partial charge in [0.25, 0.3) is 0 Å². The van der Waals surface area contributed by atoms with Crippen molar-refractivity contribution in [3.05, 3.63) is 16.3 Å². The number of nitrogens with zero attached hydrogens (tertiary/aromatic N) is 4. The minimum atomic E-state index is -0.0450. The second kappa shape index (κ2) is 6.86. The third-order valence-electron chi connectivity index (χ3n) is 5.08. The number of aryl methyl sites for hydroxylation is 1. The van der Waals surface area contributed by atoms with Gasteiger partial charge in [-0.3, -0.25) is 9.36 Å². The number of carbonyl (C=O) groups excluding carboxylic acids is 1. The molecule has 0 bridgehead atoms. The van der Waals surface area contributed by atoms with Crippen molar-refractivity contribution in [2.45, 2.75) is 39.2 Å². The summed E-state index contributed by atoms with van der Waals surface area (Å²) in [6.45, 7) is 5.53. The van der Waals surface area contributed by atoms with Crippen LogP contribution < -0.4 is 5.69 Å². The standard InChI is InChI=1S/C16H26N4O3/c1-3-20-14(17-18(2)16(20)22)10-12-4-7-19(8-5-12)15(21)13-6-9-23-11-13/h12-13H,3-11H2,1-2H3/t13-/m1/s1. The largest absolute Gasteiger partial charge is 0.381 e. The molecule has 3 heterocycles. The van der Waals surface area contributed by atoms with Crippen LogP contribution in [0.2, 0.25) is 0 Å². The maximum atomic E-state index is 12.4. The van der Waals surface area contributed by atoms with Crippen LogP contribution in [0.25, 0.3) is 0 Å². The number of hydrogen-bond acceptors (Lipinski definition) is 4. The van der Waals surface area contributed by atoms with Crippen molar-refractivity contribution in [3.63, 3.8) is 0 Å². The Bertz CT molecular complexity index is 607. The van der Waals surface area contributed by atoms with Gasteiger partial charge in [-0.2, -0.15) is 5.10 Å². The first-order valence-corrected chi connectivity index (χ1v) is 8.59. The van der Waals surface area contributed by atoms with Crippen molar-refractivity contribution < 1.29 is 9.53 Å². The van der Waals surface area contributed by atoms with Gasteiger partial charge in [0.05, 0.1) is 12.5 Å². The van der Waals surface area contributed by atoms with Gasteiger partial charge in [-0.25, -0.2) is 9.48 Å². The van der Waals surface area contributed by atoms with Gasteiger partial charge in [0.15, 0.2) is 0 Å². The molecule has 0 spiro atoms. The first-order chi connectivity index (χ1) is 11.1. The summed E-state index contributed by atoms with van der Waals surface area (Å²) in [6, 6.07) is 0. The van der Waals surface area contributed by atoms with Crippen LogP contribution >= 0.6 is 0 Å². The fourth-order valence-electron chi connectivity index (χ4n) is 3.63. The molecule has 1 aromatic rings. The fourth-order valence-corrected chi connectivity index (χ4v) is 3.63. The summed E-state index contributed by atoms with van der Waals surface area (Å²) in [7, 11) is 1.70. The zero-order chi connectivity index (χ0) is 16.4. The van der Waals surface area contributed by atoms with Gasteiger partial charge in [0, 0.05) is 39.7 Å². The Morgan fingerprint density at radius 1 is 1.30 bits per heavy atom. The molecule has 0 aromatic carbocycles. The average Bonchev–Trinajstić information content (AvgIpc) is 3.17. The third kappa shape index (κ3) is 3.34. The highest BCUT2D eigenvalue weighted by Gasteiger charge is 2.31. The number of likely N-dealkylation sites (tertiary alicyclic amines) is 1. The van der Waals surface area contributed by atoms with Crippen LogP contribution in [0.3, 0.4) is 0 Å². The second-order valence-corrected chi connectivity index (χ2v) is 6.60. The summed E-state index contributed by atoms with van der Waals surface area (Å²) in [6.07, 6.45) is 3.63. The predicted octanol–water partition coefficient (Wildman–Crippen LogP) is 0.419. The first kappa shape index (κ1) is 16.2. The first-order valence-electron chi connectivity index (χ1n) is 8.59. The van der Waals surface area contributed by atoms with Gasteiger partial charge >= 0.3 is 5.69 Å². The molecule has 128 valence electrons. The van der Waals surface area contributed by atoms with Crippen molar-refractivity contribution in [2.24, 2.45) is 18.9 Å². The van der Waals surface area contributed by atoms with Crippen molar-refractivity contribution in [2.75, 3.05) is 26.3 Å². The van der Waals surface area contributed by atoms with Gasteiger partial charge in [-0.1, -0.05) is 0 Å². The van der Waals surface area contributed by atoms with E-state index in [1.807, 2.05) is 11.8 Å². The zero-order valence-electron chi connectivity index (χ0n) is 14.0. The van der Waals surface area contributed by atoms with E-state index in [1.54, 1.807) is 11.6 Å². The maximum absolute atomic E-state index is 12.4. The lowest BCUT2D eigenvalue weighted by molar-refractivity contribution is -0.136. The van der Waals surface area contributed by atoms with Crippen LogP contribution in [0.1, 0.15) is 32.0 Å². The highest BCUT2D eigenvalue weighted by atomic mass is 16.5. The predicted molar refractivity (Wildman–Crippen MR) is 85.1 cm³/mol. The van der Waals surface area contributed by atoms with Crippen molar-refractivity contribution >= 4 is 5.91 Å². The van der Waals surface area contributed by atoms with E-state index < -0.39 is 0 Å². The SMILES string of the molecule is CCn1c(CC2CCN(C(=O)[C@@H]3CCOC3)CC2)nn(C)c1=O. The molecule has 7 nitrogen and oxygen atoms in total. The number of carbonyl (C=O) groups is 1. The molecule has 0 radical (unpaired) electrons. The molecule has 1 aromatic heterocycles. The number of piperidine rings is 1. The van der Waals surface area contributed by atoms with Gasteiger partial charge in [0.1, 0.15) is 5.82 Å². The lowest BCUT2D eigenvalue weighted by Gasteiger charge is -2.33. The normalized spacial score (nSPS) is 22.7. The van der Waals surface area contributed by atoms with E-state index in [0.29, 0.717) is 25.7 Å². The molecule has 7 heteroatoms. The van der Waals surface area contributed by atoms with Crippen LogP contribution in [0.15, 0.2) is 4.79 Å². The van der Waals surface area contributed by atoms with Crippen LogP contribution in [0.5, 0.6) is 0 Å². The van der Waals surface area contributed by atoms with Crippen molar-refractivity contribution in [3.8, 4) is 0 Å². The Labute approximate surface area is 136 Å². The molecule has 2 saturated heterocycles. The number of hydrogen-bond donors (Lipinski definition) is 0. The van der Waals surface area contributed by atoms with Gasteiger partial charge in [0.2, 0.25) is 5.91 Å². The molecule has 2 aliphatic rings. The summed E-state index contributed by atoms with van der Waals surface area (Å²) in [5.74, 6) is 1.68. The Balaban J connectivity index is 1.56. The molecule has 1 amide bonds. The smallest absolute Gasteiger partial charge is 0.345 e. The summed E-state index contributed by atoms with van der Waals surface area (Å²) < 4.78 is 8.48. The Kier molecular flexibility index (Phi) is 4.84. The maximum Gasteiger partial charge on any atom is 0.345 e. The minimum absolute atomic E-state index is 0.0450.